The van der Waals surface area contributed by atoms with Gasteiger partial charge in [0.15, 0.2) is 0 Å². The zero-order chi connectivity index (χ0) is 8.81. The summed E-state index contributed by atoms with van der Waals surface area (Å²) in [6.45, 7) is 11.4. The Labute approximate surface area is 75.3 Å². The van der Waals surface area contributed by atoms with E-state index in [0.717, 1.165) is 32.8 Å². The molecule has 0 aromatic rings. The van der Waals surface area contributed by atoms with Crippen LogP contribution in [0.3, 0.4) is 0 Å². The molecule has 0 aromatic carbocycles. The number of ether oxygens (including phenoxy) is 1. The van der Waals surface area contributed by atoms with Crippen molar-refractivity contribution in [2.75, 3.05) is 53.0 Å². The fraction of sp³-hybridized carbons (Fsp3) is 0.889. The molecule has 0 saturated carbocycles. The fourth-order valence-electron chi connectivity index (χ4n) is 1.46. The highest BCUT2D eigenvalue weighted by molar-refractivity contribution is 4.71. The first-order chi connectivity index (χ1) is 5.86. The van der Waals surface area contributed by atoms with Crippen LogP contribution in [0.1, 0.15) is 0 Å². The zero-order valence-corrected chi connectivity index (χ0v) is 7.96. The van der Waals surface area contributed by atoms with Crippen LogP contribution in [-0.2, 0) is 4.74 Å². The smallest absolute Gasteiger partial charge is 0.0589 e. The minimum absolute atomic E-state index is 0.852. The van der Waals surface area contributed by atoms with Gasteiger partial charge >= 0.3 is 0 Å². The van der Waals surface area contributed by atoms with E-state index in [0.29, 0.717) is 0 Å². The van der Waals surface area contributed by atoms with Crippen LogP contribution in [0.2, 0.25) is 0 Å². The van der Waals surface area contributed by atoms with Gasteiger partial charge in [-0.25, -0.2) is 0 Å². The second-order valence-electron chi connectivity index (χ2n) is 3.18. The molecule has 1 saturated heterocycles. The molecule has 3 heteroatoms. The minimum atomic E-state index is 0.852. The van der Waals surface area contributed by atoms with Crippen molar-refractivity contribution in [1.82, 2.24) is 9.80 Å². The molecule has 0 unspecified atom stereocenters. The number of rotatable bonds is 4. The van der Waals surface area contributed by atoms with E-state index in [4.69, 9.17) is 4.74 Å². The van der Waals surface area contributed by atoms with Crippen molar-refractivity contribution in [3.8, 4) is 0 Å². The Bertz CT molecular complexity index is 111. The summed E-state index contributed by atoms with van der Waals surface area (Å²) < 4.78 is 5.03. The van der Waals surface area contributed by atoms with E-state index in [1.807, 2.05) is 0 Å². The Morgan fingerprint density at radius 2 is 1.75 bits per heavy atom. The van der Waals surface area contributed by atoms with Crippen molar-refractivity contribution < 1.29 is 4.74 Å². The summed E-state index contributed by atoms with van der Waals surface area (Å²) in [5.41, 5.74) is 0. The molecule has 3 nitrogen and oxygen atoms in total. The van der Waals surface area contributed by atoms with Crippen molar-refractivity contribution in [2.45, 2.75) is 0 Å². The molecule has 0 aromatic heterocycles. The third-order valence-corrected chi connectivity index (χ3v) is 2.39. The Morgan fingerprint density at radius 1 is 1.17 bits per heavy atom. The molecule has 0 aliphatic carbocycles. The van der Waals surface area contributed by atoms with Gasteiger partial charge in [0.2, 0.25) is 0 Å². The molecule has 0 atom stereocenters. The average Bonchev–Trinajstić information content (AvgIpc) is 2.15. The molecule has 0 N–H and O–H groups in total. The van der Waals surface area contributed by atoms with Crippen molar-refractivity contribution >= 4 is 0 Å². The van der Waals surface area contributed by atoms with Crippen LogP contribution in [0.25, 0.3) is 0 Å². The van der Waals surface area contributed by atoms with E-state index in [2.05, 4.69) is 16.7 Å². The molecule has 0 bridgehead atoms. The summed E-state index contributed by atoms with van der Waals surface area (Å²) in [7, 11) is 1.76. The van der Waals surface area contributed by atoms with E-state index >= 15 is 0 Å². The standard InChI is InChI=1S/C9H19N2O/c1-3-10-4-6-11(7-5-10)8-9-12-2/h1,3-9H2,2H3. The number of hydrogen-bond acceptors (Lipinski definition) is 3. The number of piperazine rings is 1. The Balaban J connectivity index is 2.09. The summed E-state index contributed by atoms with van der Waals surface area (Å²) in [4.78, 5) is 4.82. The molecule has 1 aliphatic rings. The molecule has 1 aliphatic heterocycles. The van der Waals surface area contributed by atoms with Gasteiger partial charge in [-0.05, 0) is 13.5 Å². The first kappa shape index (κ1) is 9.96. The van der Waals surface area contributed by atoms with Gasteiger partial charge in [0, 0.05) is 39.8 Å². The van der Waals surface area contributed by atoms with Crippen molar-refractivity contribution in [1.29, 1.82) is 0 Å². The van der Waals surface area contributed by atoms with Crippen LogP contribution in [0, 0.1) is 6.92 Å². The van der Waals surface area contributed by atoms with Gasteiger partial charge in [0.25, 0.3) is 0 Å². The molecule has 0 amide bonds. The summed E-state index contributed by atoms with van der Waals surface area (Å²) in [5, 5.41) is 0. The topological polar surface area (TPSA) is 15.7 Å². The van der Waals surface area contributed by atoms with Crippen LogP contribution in [-0.4, -0.2) is 62.8 Å². The van der Waals surface area contributed by atoms with Crippen molar-refractivity contribution in [2.24, 2.45) is 0 Å². The Kier molecular flexibility index (Phi) is 4.58. The number of hydrogen-bond donors (Lipinski definition) is 0. The molecule has 1 heterocycles. The molecule has 1 rings (SSSR count). The first-order valence-corrected chi connectivity index (χ1v) is 4.59. The van der Waals surface area contributed by atoms with Crippen LogP contribution in [0.5, 0.6) is 0 Å². The second kappa shape index (κ2) is 5.51. The fourth-order valence-corrected chi connectivity index (χ4v) is 1.46. The van der Waals surface area contributed by atoms with Gasteiger partial charge in [-0.2, -0.15) is 0 Å². The third-order valence-electron chi connectivity index (χ3n) is 2.39. The van der Waals surface area contributed by atoms with E-state index < -0.39 is 0 Å². The predicted octanol–water partition coefficient (Wildman–Crippen LogP) is 0.0845. The minimum Gasteiger partial charge on any atom is -0.383 e. The van der Waals surface area contributed by atoms with Gasteiger partial charge in [-0.1, -0.05) is 0 Å². The van der Waals surface area contributed by atoms with Crippen molar-refractivity contribution in [3.63, 3.8) is 0 Å². The molecule has 71 valence electrons. The van der Waals surface area contributed by atoms with E-state index in [9.17, 15) is 0 Å². The molecular formula is C9H19N2O. The maximum absolute atomic E-state index is 5.03. The normalized spacial score (nSPS) is 21.5. The summed E-state index contributed by atoms with van der Waals surface area (Å²) in [6, 6.07) is 0. The lowest BCUT2D eigenvalue weighted by atomic mass is 10.3. The quantitative estimate of drug-likeness (QED) is 0.596. The maximum Gasteiger partial charge on any atom is 0.0589 e. The van der Waals surface area contributed by atoms with Crippen LogP contribution in [0.15, 0.2) is 0 Å². The van der Waals surface area contributed by atoms with E-state index in [1.165, 1.54) is 13.1 Å². The molecular weight excluding hydrogens is 152 g/mol. The largest absolute Gasteiger partial charge is 0.383 e. The number of methoxy groups -OCH3 is 1. The summed E-state index contributed by atoms with van der Waals surface area (Å²) in [6.07, 6.45) is 0. The molecule has 0 spiro atoms. The molecule has 12 heavy (non-hydrogen) atoms. The van der Waals surface area contributed by atoms with Gasteiger partial charge in [-0.15, -0.1) is 0 Å². The van der Waals surface area contributed by atoms with Crippen LogP contribution < -0.4 is 0 Å². The maximum atomic E-state index is 5.03. The summed E-state index contributed by atoms with van der Waals surface area (Å²) in [5.74, 6) is 0. The van der Waals surface area contributed by atoms with Gasteiger partial charge in [0.05, 0.1) is 6.61 Å². The highest BCUT2D eigenvalue weighted by atomic mass is 16.5. The lowest BCUT2D eigenvalue weighted by Gasteiger charge is -2.33. The SMILES string of the molecule is [CH2]CN1CCN(CCOC)CC1. The lowest BCUT2D eigenvalue weighted by Crippen LogP contribution is -2.47. The Hall–Kier alpha value is -0.120. The van der Waals surface area contributed by atoms with Crippen LogP contribution in [0.4, 0.5) is 0 Å². The highest BCUT2D eigenvalue weighted by Gasteiger charge is 2.14. The van der Waals surface area contributed by atoms with Crippen LogP contribution >= 0.6 is 0 Å². The summed E-state index contributed by atoms with van der Waals surface area (Å²) >= 11 is 0. The third kappa shape index (κ3) is 3.09. The van der Waals surface area contributed by atoms with Crippen molar-refractivity contribution in [3.05, 3.63) is 6.92 Å². The predicted molar refractivity (Wildman–Crippen MR) is 50.1 cm³/mol. The molecule has 1 radical (unpaired) electrons. The van der Waals surface area contributed by atoms with E-state index in [1.54, 1.807) is 7.11 Å². The monoisotopic (exact) mass is 171 g/mol. The number of nitrogens with zero attached hydrogens (tertiary/aromatic N) is 2. The molecule has 1 fully saturated rings. The highest BCUT2D eigenvalue weighted by Crippen LogP contribution is 1.99. The second-order valence-corrected chi connectivity index (χ2v) is 3.18. The zero-order valence-electron chi connectivity index (χ0n) is 7.96. The van der Waals surface area contributed by atoms with E-state index in [-0.39, 0.29) is 0 Å². The van der Waals surface area contributed by atoms with Gasteiger partial charge in [0.1, 0.15) is 0 Å². The first-order valence-electron chi connectivity index (χ1n) is 4.59. The van der Waals surface area contributed by atoms with Gasteiger partial charge < -0.3 is 9.64 Å². The van der Waals surface area contributed by atoms with Gasteiger partial charge in [-0.3, -0.25) is 4.90 Å². The lowest BCUT2D eigenvalue weighted by molar-refractivity contribution is 0.102. The average molecular weight is 171 g/mol. The Morgan fingerprint density at radius 3 is 2.25 bits per heavy atom.